The molecule has 0 bridgehead atoms. The standard InChI is InChI=1S/C36H44N2O2.C2H6/c1-6-9-12-15-29-21-25-30(26-22-29)35(39)37-28(5)33(18-10-7-2)34(8-3)38(32-16-13-11-14-17-32)36(40)31-23-19-27(4)20-24-31;1-2/h7,10,13,16-26,34H,2,6,8-9,11-12,14-15H2,1,3-5H3,(H,37,39);1-2H3/b18-10-,33-28-;. The number of hydrogen-bond donors (Lipinski definition) is 1. The van der Waals surface area contributed by atoms with Crippen molar-refractivity contribution in [3.63, 3.8) is 0 Å². The Morgan fingerprint density at radius 3 is 2.21 bits per heavy atom. The lowest BCUT2D eigenvalue weighted by atomic mass is 9.96. The van der Waals surface area contributed by atoms with Gasteiger partial charge in [0.2, 0.25) is 0 Å². The number of carbonyl (C=O) groups excluding carboxylic acids is 2. The van der Waals surface area contributed by atoms with Crippen molar-refractivity contribution in [3.05, 3.63) is 131 Å². The maximum Gasteiger partial charge on any atom is 0.258 e. The highest BCUT2D eigenvalue weighted by molar-refractivity contribution is 5.97. The molecule has 4 heteroatoms. The summed E-state index contributed by atoms with van der Waals surface area (Å²) in [5.74, 6) is -0.225. The molecule has 42 heavy (non-hydrogen) atoms. The Morgan fingerprint density at radius 2 is 1.64 bits per heavy atom. The number of amides is 2. The average molecular weight is 567 g/mol. The highest BCUT2D eigenvalue weighted by Gasteiger charge is 2.29. The van der Waals surface area contributed by atoms with Crippen LogP contribution in [0.25, 0.3) is 0 Å². The molecule has 0 aromatic heterocycles. The monoisotopic (exact) mass is 566 g/mol. The van der Waals surface area contributed by atoms with Crippen LogP contribution in [0.4, 0.5) is 0 Å². The molecule has 4 nitrogen and oxygen atoms in total. The van der Waals surface area contributed by atoms with Crippen LogP contribution in [-0.2, 0) is 6.42 Å². The van der Waals surface area contributed by atoms with Crippen LogP contribution in [0, 0.1) is 6.92 Å². The Kier molecular flexibility index (Phi) is 15.1. The number of carbonyl (C=O) groups is 2. The molecule has 1 atom stereocenters. The molecule has 0 saturated carbocycles. The summed E-state index contributed by atoms with van der Waals surface area (Å²) in [6.07, 6.45) is 18.9. The van der Waals surface area contributed by atoms with Crippen LogP contribution >= 0.6 is 0 Å². The third-order valence-corrected chi connectivity index (χ3v) is 7.26. The van der Waals surface area contributed by atoms with E-state index < -0.39 is 0 Å². The average Bonchev–Trinajstić information content (AvgIpc) is 3.02. The summed E-state index contributed by atoms with van der Waals surface area (Å²) in [5.41, 5.74) is 6.06. The number of nitrogens with zero attached hydrogens (tertiary/aromatic N) is 1. The van der Waals surface area contributed by atoms with E-state index in [1.807, 2.05) is 99.4 Å². The van der Waals surface area contributed by atoms with E-state index in [0.29, 0.717) is 23.2 Å². The quantitative estimate of drug-likeness (QED) is 0.194. The molecule has 1 N–H and O–H groups in total. The van der Waals surface area contributed by atoms with E-state index in [0.717, 1.165) is 42.5 Å². The zero-order chi connectivity index (χ0) is 30.9. The molecular weight excluding hydrogens is 516 g/mol. The van der Waals surface area contributed by atoms with Crippen molar-refractivity contribution < 1.29 is 9.59 Å². The van der Waals surface area contributed by atoms with Crippen LogP contribution in [0.15, 0.2) is 109 Å². The number of benzene rings is 2. The Balaban J connectivity index is 0.00000301. The molecule has 0 spiro atoms. The van der Waals surface area contributed by atoms with E-state index in [-0.39, 0.29) is 17.9 Å². The van der Waals surface area contributed by atoms with Crippen LogP contribution in [0.5, 0.6) is 0 Å². The second kappa shape index (κ2) is 18.5. The van der Waals surface area contributed by atoms with Gasteiger partial charge in [0.1, 0.15) is 0 Å². The summed E-state index contributed by atoms with van der Waals surface area (Å²) in [7, 11) is 0. The first-order chi connectivity index (χ1) is 20.4. The summed E-state index contributed by atoms with van der Waals surface area (Å²) < 4.78 is 0. The molecule has 2 aromatic carbocycles. The lowest BCUT2D eigenvalue weighted by Crippen LogP contribution is -2.41. The second-order valence-electron chi connectivity index (χ2n) is 10.4. The van der Waals surface area contributed by atoms with Gasteiger partial charge < -0.3 is 10.2 Å². The van der Waals surface area contributed by atoms with Crippen molar-refractivity contribution in [1.29, 1.82) is 0 Å². The third kappa shape index (κ3) is 9.87. The van der Waals surface area contributed by atoms with Crippen molar-refractivity contribution in [2.75, 3.05) is 0 Å². The maximum absolute atomic E-state index is 14.0. The number of nitrogens with one attached hydrogen (secondary N) is 1. The SMILES string of the molecule is C=C/C=C\C(=C(/C)NC(=O)c1ccc(CCCCC)cc1)C(CC)N(C(=O)c1ccc(C)cc1)C1=CCCC=C1.CC. The molecule has 1 unspecified atom stereocenters. The molecule has 0 aliphatic heterocycles. The first kappa shape index (κ1) is 34.3. The summed E-state index contributed by atoms with van der Waals surface area (Å²) in [6, 6.07) is 15.3. The van der Waals surface area contributed by atoms with E-state index in [9.17, 15) is 9.59 Å². The van der Waals surface area contributed by atoms with Gasteiger partial charge >= 0.3 is 0 Å². The van der Waals surface area contributed by atoms with Crippen LogP contribution in [0.3, 0.4) is 0 Å². The van der Waals surface area contributed by atoms with Gasteiger partial charge in [0.15, 0.2) is 0 Å². The van der Waals surface area contributed by atoms with Crippen LogP contribution in [-0.4, -0.2) is 22.8 Å². The van der Waals surface area contributed by atoms with E-state index in [1.165, 1.54) is 18.4 Å². The van der Waals surface area contributed by atoms with Crippen molar-refractivity contribution in [2.45, 2.75) is 92.5 Å². The highest BCUT2D eigenvalue weighted by Crippen LogP contribution is 2.28. The molecule has 0 radical (unpaired) electrons. The smallest absolute Gasteiger partial charge is 0.258 e. The zero-order valence-corrected chi connectivity index (χ0v) is 26.6. The Hall–Kier alpha value is -3.92. The van der Waals surface area contributed by atoms with Gasteiger partial charge in [-0.05, 0) is 87.4 Å². The van der Waals surface area contributed by atoms with Gasteiger partial charge in [-0.25, -0.2) is 0 Å². The molecule has 0 saturated heterocycles. The number of allylic oxidation sites excluding steroid dienone is 6. The highest BCUT2D eigenvalue weighted by atomic mass is 16.2. The van der Waals surface area contributed by atoms with Gasteiger partial charge in [0.05, 0.1) is 6.04 Å². The number of hydrogen-bond acceptors (Lipinski definition) is 2. The summed E-state index contributed by atoms with van der Waals surface area (Å²) in [4.78, 5) is 29.2. The van der Waals surface area contributed by atoms with Crippen molar-refractivity contribution in [2.24, 2.45) is 0 Å². The van der Waals surface area contributed by atoms with Gasteiger partial charge in [0, 0.05) is 22.5 Å². The van der Waals surface area contributed by atoms with Crippen molar-refractivity contribution >= 4 is 11.8 Å². The fourth-order valence-electron chi connectivity index (χ4n) is 4.97. The summed E-state index contributed by atoms with van der Waals surface area (Å²) >= 11 is 0. The fourth-order valence-corrected chi connectivity index (χ4v) is 4.97. The van der Waals surface area contributed by atoms with E-state index in [4.69, 9.17) is 0 Å². The maximum atomic E-state index is 14.0. The van der Waals surface area contributed by atoms with Crippen LogP contribution < -0.4 is 5.32 Å². The zero-order valence-electron chi connectivity index (χ0n) is 26.6. The first-order valence-electron chi connectivity index (χ1n) is 15.6. The molecule has 0 heterocycles. The molecule has 224 valence electrons. The predicted octanol–water partition coefficient (Wildman–Crippen LogP) is 9.65. The van der Waals surface area contributed by atoms with Crippen molar-refractivity contribution in [1.82, 2.24) is 10.2 Å². The van der Waals surface area contributed by atoms with Gasteiger partial charge in [-0.2, -0.15) is 0 Å². The number of aryl methyl sites for hydroxylation is 2. The van der Waals surface area contributed by atoms with Gasteiger partial charge in [-0.1, -0.05) is 107 Å². The van der Waals surface area contributed by atoms with Gasteiger partial charge in [0.25, 0.3) is 11.8 Å². The summed E-state index contributed by atoms with van der Waals surface area (Å²) in [5, 5.41) is 3.12. The largest absolute Gasteiger partial charge is 0.326 e. The number of unbranched alkanes of at least 4 members (excludes halogenated alkanes) is 2. The molecular formula is C38H50N2O2. The van der Waals surface area contributed by atoms with E-state index >= 15 is 0 Å². The molecule has 2 aromatic rings. The molecule has 2 amide bonds. The molecule has 1 aliphatic rings. The topological polar surface area (TPSA) is 49.4 Å². The lowest BCUT2D eigenvalue weighted by Gasteiger charge is -2.35. The molecule has 1 aliphatic carbocycles. The predicted molar refractivity (Wildman–Crippen MR) is 178 cm³/mol. The van der Waals surface area contributed by atoms with E-state index in [2.05, 4.69) is 37.9 Å². The minimum Gasteiger partial charge on any atom is -0.326 e. The Labute approximate surface area is 254 Å². The Bertz CT molecular complexity index is 1280. The minimum atomic E-state index is -0.291. The van der Waals surface area contributed by atoms with Gasteiger partial charge in [-0.3, -0.25) is 9.59 Å². The van der Waals surface area contributed by atoms with Crippen LogP contribution in [0.1, 0.15) is 105 Å². The fraction of sp³-hybridized carbons (Fsp3) is 0.368. The normalized spacial score (nSPS) is 13.8. The first-order valence-corrected chi connectivity index (χ1v) is 15.6. The second-order valence-corrected chi connectivity index (χ2v) is 10.4. The van der Waals surface area contributed by atoms with Gasteiger partial charge in [-0.15, -0.1) is 0 Å². The lowest BCUT2D eigenvalue weighted by molar-refractivity contribution is 0.0770. The third-order valence-electron chi connectivity index (χ3n) is 7.26. The van der Waals surface area contributed by atoms with Crippen LogP contribution in [0.2, 0.25) is 0 Å². The number of rotatable bonds is 13. The minimum absolute atomic E-state index is 0.0630. The van der Waals surface area contributed by atoms with Crippen molar-refractivity contribution in [3.8, 4) is 0 Å². The Morgan fingerprint density at radius 1 is 0.976 bits per heavy atom. The molecule has 0 fully saturated rings. The molecule has 3 rings (SSSR count). The summed E-state index contributed by atoms with van der Waals surface area (Å²) in [6.45, 7) is 16.0. The van der Waals surface area contributed by atoms with E-state index in [1.54, 1.807) is 6.08 Å².